The molecule has 0 aliphatic carbocycles. The molecule has 0 bridgehead atoms. The van der Waals surface area contributed by atoms with E-state index in [1.165, 1.54) is 15.6 Å². The van der Waals surface area contributed by atoms with Crippen LogP contribution in [0.1, 0.15) is 12.8 Å². The highest BCUT2D eigenvalue weighted by atomic mass is 28.3. The molecule has 0 fully saturated rings. The highest BCUT2D eigenvalue weighted by molar-refractivity contribution is 7.06. The first kappa shape index (κ1) is 14.5. The molecular weight excluding hydrogens is 260 g/mol. The number of benzene rings is 2. The summed E-state index contributed by atoms with van der Waals surface area (Å²) in [5, 5.41) is 3.91. The van der Waals surface area contributed by atoms with Crippen LogP contribution < -0.4 is 10.4 Å². The quantitative estimate of drug-likeness (QED) is 0.587. The largest absolute Gasteiger partial charge is 0.303 e. The minimum absolute atomic E-state index is 0.557. The summed E-state index contributed by atoms with van der Waals surface area (Å²) in [6, 6.07) is 21.1. The summed E-state index contributed by atoms with van der Waals surface area (Å²) in [5.74, 6) is 0. The monoisotopic (exact) mass is 280 g/mol. The fourth-order valence-electron chi connectivity index (χ4n) is 2.60. The maximum atomic E-state index is 10.7. The van der Waals surface area contributed by atoms with Gasteiger partial charge in [0.05, 0.1) is 0 Å². The zero-order valence-corrected chi connectivity index (χ0v) is 12.9. The lowest BCUT2D eigenvalue weighted by Crippen LogP contribution is -2.57. The predicted octanol–water partition coefficient (Wildman–Crippen LogP) is 2.95. The summed E-state index contributed by atoms with van der Waals surface area (Å²) < 4.78 is 0. The number of aldehydes is 1. The Morgan fingerprint density at radius 3 is 1.85 bits per heavy atom. The maximum Gasteiger partial charge on any atom is 0.140 e. The van der Waals surface area contributed by atoms with Crippen LogP contribution in [0.5, 0.6) is 0 Å². The third-order valence-electron chi connectivity index (χ3n) is 3.97. The Morgan fingerprint density at radius 1 is 1.00 bits per heavy atom. The van der Waals surface area contributed by atoms with E-state index in [0.717, 1.165) is 12.7 Å². The molecule has 2 aromatic carbocycles. The zero-order valence-electron chi connectivity index (χ0n) is 11.9. The van der Waals surface area contributed by atoms with Gasteiger partial charge < -0.3 is 4.79 Å². The van der Waals surface area contributed by atoms with E-state index in [9.17, 15) is 4.79 Å². The summed E-state index contributed by atoms with van der Waals surface area (Å²) in [4.78, 5) is 10.7. The van der Waals surface area contributed by atoms with Crippen molar-refractivity contribution in [2.75, 3.05) is 0 Å². The van der Waals surface area contributed by atoms with Crippen LogP contribution in [0.25, 0.3) is 0 Å². The molecule has 1 nitrogen and oxygen atoms in total. The second-order valence-electron chi connectivity index (χ2n) is 5.17. The smallest absolute Gasteiger partial charge is 0.140 e. The summed E-state index contributed by atoms with van der Waals surface area (Å²) in [6.07, 6.45) is 2.31. The third kappa shape index (κ3) is 2.80. The summed E-state index contributed by atoms with van der Waals surface area (Å²) in [5.41, 5.74) is 0. The molecule has 2 heteroatoms. The number of carbonyl (C=O) groups excluding carboxylic acids is 1. The van der Waals surface area contributed by atoms with Crippen molar-refractivity contribution in [2.45, 2.75) is 19.4 Å². The van der Waals surface area contributed by atoms with Crippen molar-refractivity contribution in [2.24, 2.45) is 0 Å². The van der Waals surface area contributed by atoms with Gasteiger partial charge in [-0.1, -0.05) is 72.4 Å². The lowest BCUT2D eigenvalue weighted by Gasteiger charge is -2.31. The molecule has 0 heterocycles. The lowest BCUT2D eigenvalue weighted by atomic mass is 10.3. The van der Waals surface area contributed by atoms with Crippen molar-refractivity contribution < 1.29 is 4.79 Å². The first-order valence-corrected chi connectivity index (χ1v) is 9.42. The molecule has 0 amide bonds. The minimum Gasteiger partial charge on any atom is -0.303 e. The Bertz CT molecular complexity index is 535. The Hall–Kier alpha value is -1.93. The van der Waals surface area contributed by atoms with Gasteiger partial charge in [0.1, 0.15) is 14.4 Å². The Labute approximate surface area is 122 Å². The van der Waals surface area contributed by atoms with E-state index in [4.69, 9.17) is 0 Å². The number of hydrogen-bond donors (Lipinski definition) is 0. The number of allylic oxidation sites excluding steroid dienone is 1. The van der Waals surface area contributed by atoms with Crippen LogP contribution in [0.15, 0.2) is 72.4 Å². The third-order valence-corrected chi connectivity index (χ3v) is 8.61. The number of carbonyl (C=O) groups is 1. The van der Waals surface area contributed by atoms with Gasteiger partial charge in [0.15, 0.2) is 0 Å². The molecule has 0 radical (unpaired) electrons. The molecular formula is C18H20OSi. The molecule has 2 rings (SSSR count). The van der Waals surface area contributed by atoms with Crippen LogP contribution in [0.2, 0.25) is 6.55 Å². The molecule has 0 saturated heterocycles. The molecule has 2 aromatic rings. The fraction of sp³-hybridized carbons (Fsp3) is 0.167. The number of hydrogen-bond acceptors (Lipinski definition) is 1. The van der Waals surface area contributed by atoms with Crippen LogP contribution in [-0.4, -0.2) is 14.4 Å². The average Bonchev–Trinajstić information content (AvgIpc) is 2.53. The first-order chi connectivity index (χ1) is 9.69. The Morgan fingerprint density at radius 2 is 1.45 bits per heavy atom. The van der Waals surface area contributed by atoms with Gasteiger partial charge in [-0.15, -0.1) is 6.58 Å². The van der Waals surface area contributed by atoms with Gasteiger partial charge in [-0.2, -0.15) is 0 Å². The molecule has 0 unspecified atom stereocenters. The molecule has 20 heavy (non-hydrogen) atoms. The van der Waals surface area contributed by atoms with Gasteiger partial charge in [0.2, 0.25) is 0 Å². The van der Waals surface area contributed by atoms with E-state index >= 15 is 0 Å². The first-order valence-electron chi connectivity index (χ1n) is 6.92. The summed E-state index contributed by atoms with van der Waals surface area (Å²) in [6.45, 7) is 6.64. The van der Waals surface area contributed by atoms with E-state index in [0.29, 0.717) is 6.42 Å². The zero-order chi connectivity index (χ0) is 14.4. The van der Waals surface area contributed by atoms with E-state index in [1.54, 1.807) is 0 Å². The van der Waals surface area contributed by atoms with E-state index in [2.05, 4.69) is 61.7 Å². The second kappa shape index (κ2) is 6.48. The normalized spacial score (nSPS) is 11.1. The molecule has 0 N–H and O–H groups in total. The van der Waals surface area contributed by atoms with E-state index < -0.39 is 8.07 Å². The molecule has 0 aromatic heterocycles. The minimum atomic E-state index is -2.00. The molecule has 0 aliphatic heterocycles. The fourth-order valence-corrected chi connectivity index (χ4v) is 6.11. The van der Waals surface area contributed by atoms with Gasteiger partial charge in [-0.05, 0) is 16.8 Å². The van der Waals surface area contributed by atoms with Gasteiger partial charge in [0.25, 0.3) is 0 Å². The van der Waals surface area contributed by atoms with Gasteiger partial charge >= 0.3 is 0 Å². The molecule has 0 atom stereocenters. The van der Waals surface area contributed by atoms with Crippen LogP contribution in [0.3, 0.4) is 0 Å². The van der Waals surface area contributed by atoms with Crippen LogP contribution in [-0.2, 0) is 4.79 Å². The van der Waals surface area contributed by atoms with Gasteiger partial charge in [-0.25, -0.2) is 0 Å². The molecule has 0 saturated carbocycles. The van der Waals surface area contributed by atoms with Crippen LogP contribution in [0, 0.1) is 0 Å². The Balaban J connectivity index is 2.49. The predicted molar refractivity (Wildman–Crippen MR) is 88.2 cm³/mol. The standard InChI is InChI=1S/C18H20OSi/c1-16(10-9-15-19)20(2,17-11-5-3-6-12-17)18-13-7-4-8-14-18/h3-8,11-15H,1,9-10H2,2H3. The van der Waals surface area contributed by atoms with Crippen molar-refractivity contribution in [1.82, 2.24) is 0 Å². The van der Waals surface area contributed by atoms with Crippen molar-refractivity contribution in [3.05, 3.63) is 72.4 Å². The van der Waals surface area contributed by atoms with E-state index in [-0.39, 0.29) is 0 Å². The Kier molecular flexibility index (Phi) is 4.69. The van der Waals surface area contributed by atoms with Gasteiger partial charge in [-0.3, -0.25) is 0 Å². The van der Waals surface area contributed by atoms with E-state index in [1.807, 2.05) is 12.1 Å². The lowest BCUT2D eigenvalue weighted by molar-refractivity contribution is -0.107. The number of rotatable bonds is 6. The summed E-state index contributed by atoms with van der Waals surface area (Å²) >= 11 is 0. The van der Waals surface area contributed by atoms with Crippen molar-refractivity contribution in [3.63, 3.8) is 0 Å². The highest BCUT2D eigenvalue weighted by Gasteiger charge is 2.34. The van der Waals surface area contributed by atoms with Gasteiger partial charge in [0, 0.05) is 6.42 Å². The molecule has 102 valence electrons. The van der Waals surface area contributed by atoms with Crippen molar-refractivity contribution in [3.8, 4) is 0 Å². The van der Waals surface area contributed by atoms with Crippen molar-refractivity contribution >= 4 is 24.7 Å². The topological polar surface area (TPSA) is 17.1 Å². The maximum absolute atomic E-state index is 10.7. The van der Waals surface area contributed by atoms with Crippen molar-refractivity contribution in [1.29, 1.82) is 0 Å². The van der Waals surface area contributed by atoms with Crippen LogP contribution in [0.4, 0.5) is 0 Å². The summed E-state index contributed by atoms with van der Waals surface area (Å²) in [7, 11) is -2.00. The second-order valence-corrected chi connectivity index (χ2v) is 9.28. The SMILES string of the molecule is C=C(CCC=O)[Si](C)(c1ccccc1)c1ccccc1. The molecule has 0 aliphatic rings. The average molecular weight is 280 g/mol. The highest BCUT2D eigenvalue weighted by Crippen LogP contribution is 2.18. The molecule has 0 spiro atoms. The van der Waals surface area contributed by atoms with Crippen LogP contribution >= 0.6 is 0 Å².